The zero-order valence-corrected chi connectivity index (χ0v) is 10.4. The quantitative estimate of drug-likeness (QED) is 0.728. The molecule has 0 radical (unpaired) electrons. The highest BCUT2D eigenvalue weighted by Crippen LogP contribution is 2.20. The van der Waals surface area contributed by atoms with Gasteiger partial charge in [-0.3, -0.25) is 9.78 Å². The number of carbonyl (C=O) groups is 1. The van der Waals surface area contributed by atoms with Gasteiger partial charge in [0.05, 0.1) is 11.8 Å². The maximum atomic E-state index is 11.9. The number of nitrogens with two attached hydrogens (primary N) is 1. The summed E-state index contributed by atoms with van der Waals surface area (Å²) < 4.78 is 0. The van der Waals surface area contributed by atoms with Gasteiger partial charge in [-0.15, -0.1) is 0 Å². The first-order valence-electron chi connectivity index (χ1n) is 5.50. The lowest BCUT2D eigenvalue weighted by molar-refractivity contribution is 0.0902. The second-order valence-corrected chi connectivity index (χ2v) is 5.02. The van der Waals surface area contributed by atoms with E-state index in [1.807, 2.05) is 20.8 Å². The van der Waals surface area contributed by atoms with Gasteiger partial charge < -0.3 is 16.2 Å². The normalized spacial score (nSPS) is 13.2. The van der Waals surface area contributed by atoms with Gasteiger partial charge in [0.15, 0.2) is 0 Å². The summed E-state index contributed by atoms with van der Waals surface area (Å²) in [6, 6.07) is 1.32. The molecule has 5 nitrogen and oxygen atoms in total. The monoisotopic (exact) mass is 237 g/mol. The summed E-state index contributed by atoms with van der Waals surface area (Å²) >= 11 is 0. The van der Waals surface area contributed by atoms with E-state index >= 15 is 0 Å². The molecule has 5 heteroatoms. The van der Waals surface area contributed by atoms with Gasteiger partial charge in [-0.25, -0.2) is 0 Å². The molecule has 1 rings (SSSR count). The number of carbonyl (C=O) groups excluding carboxylic acids is 1. The molecule has 0 spiro atoms. The van der Waals surface area contributed by atoms with E-state index in [1.165, 1.54) is 18.5 Å². The van der Waals surface area contributed by atoms with E-state index in [0.29, 0.717) is 6.54 Å². The van der Waals surface area contributed by atoms with Gasteiger partial charge in [-0.1, -0.05) is 20.8 Å². The van der Waals surface area contributed by atoms with Crippen LogP contribution in [0.4, 0.5) is 0 Å². The molecule has 1 unspecified atom stereocenters. The van der Waals surface area contributed by atoms with Gasteiger partial charge in [0, 0.05) is 18.8 Å². The van der Waals surface area contributed by atoms with Crippen molar-refractivity contribution in [3.8, 4) is 5.75 Å². The molecular weight excluding hydrogens is 218 g/mol. The molecule has 1 aromatic heterocycles. The lowest BCUT2D eigenvalue weighted by Crippen LogP contribution is -2.48. The van der Waals surface area contributed by atoms with Crippen molar-refractivity contribution >= 4 is 5.91 Å². The van der Waals surface area contributed by atoms with Crippen LogP contribution in [0, 0.1) is 5.41 Å². The summed E-state index contributed by atoms with van der Waals surface area (Å²) in [6.07, 6.45) is 2.70. The highest BCUT2D eigenvalue weighted by Gasteiger charge is 2.25. The number of aromatic hydroxyl groups is 1. The van der Waals surface area contributed by atoms with Gasteiger partial charge in [0.2, 0.25) is 0 Å². The molecule has 94 valence electrons. The molecule has 0 aliphatic rings. The SMILES string of the molecule is CC(C)(C)C(CN)NC(=O)c1ccncc1O. The maximum Gasteiger partial charge on any atom is 0.255 e. The lowest BCUT2D eigenvalue weighted by Gasteiger charge is -2.30. The van der Waals surface area contributed by atoms with Crippen LogP contribution in [0.5, 0.6) is 5.75 Å². The fourth-order valence-corrected chi connectivity index (χ4v) is 1.44. The van der Waals surface area contributed by atoms with Crippen molar-refractivity contribution in [3.63, 3.8) is 0 Å². The van der Waals surface area contributed by atoms with Gasteiger partial charge in [0.25, 0.3) is 5.91 Å². The number of nitrogens with zero attached hydrogens (tertiary/aromatic N) is 1. The Balaban J connectivity index is 2.83. The van der Waals surface area contributed by atoms with E-state index in [4.69, 9.17) is 5.73 Å². The molecule has 17 heavy (non-hydrogen) atoms. The van der Waals surface area contributed by atoms with Gasteiger partial charge in [-0.05, 0) is 11.5 Å². The van der Waals surface area contributed by atoms with Crippen molar-refractivity contribution in [3.05, 3.63) is 24.0 Å². The third-order valence-corrected chi connectivity index (χ3v) is 2.63. The summed E-state index contributed by atoms with van der Waals surface area (Å²) in [5.41, 5.74) is 5.71. The first-order chi connectivity index (χ1) is 7.86. The highest BCUT2D eigenvalue weighted by molar-refractivity contribution is 5.96. The molecule has 0 saturated heterocycles. The average molecular weight is 237 g/mol. The predicted octanol–water partition coefficient (Wildman–Crippen LogP) is 0.890. The number of pyridine rings is 1. The van der Waals surface area contributed by atoms with Crippen molar-refractivity contribution < 1.29 is 9.90 Å². The summed E-state index contributed by atoms with van der Waals surface area (Å²) in [5.74, 6) is -0.468. The molecule has 0 aromatic carbocycles. The van der Waals surface area contributed by atoms with E-state index in [2.05, 4.69) is 10.3 Å². The lowest BCUT2D eigenvalue weighted by atomic mass is 9.86. The first kappa shape index (κ1) is 13.4. The van der Waals surface area contributed by atoms with Gasteiger partial charge >= 0.3 is 0 Å². The van der Waals surface area contributed by atoms with E-state index < -0.39 is 0 Å². The van der Waals surface area contributed by atoms with Crippen molar-refractivity contribution in [1.82, 2.24) is 10.3 Å². The fourth-order valence-electron chi connectivity index (χ4n) is 1.44. The number of amides is 1. The Morgan fingerprint density at radius 2 is 2.24 bits per heavy atom. The van der Waals surface area contributed by atoms with E-state index in [0.717, 1.165) is 0 Å². The van der Waals surface area contributed by atoms with E-state index in [-0.39, 0.29) is 28.7 Å². The van der Waals surface area contributed by atoms with Crippen LogP contribution in [-0.4, -0.2) is 28.6 Å². The highest BCUT2D eigenvalue weighted by atomic mass is 16.3. The Morgan fingerprint density at radius 3 is 2.71 bits per heavy atom. The van der Waals surface area contributed by atoms with Gasteiger partial charge in [-0.2, -0.15) is 0 Å². The number of rotatable bonds is 3. The van der Waals surface area contributed by atoms with Crippen LogP contribution in [0.25, 0.3) is 0 Å². The van der Waals surface area contributed by atoms with Crippen LogP contribution < -0.4 is 11.1 Å². The zero-order valence-electron chi connectivity index (χ0n) is 10.4. The fraction of sp³-hybridized carbons (Fsp3) is 0.500. The number of aromatic nitrogens is 1. The number of nitrogens with one attached hydrogen (secondary N) is 1. The van der Waals surface area contributed by atoms with Crippen LogP contribution in [-0.2, 0) is 0 Å². The van der Waals surface area contributed by atoms with E-state index in [9.17, 15) is 9.90 Å². The molecule has 0 fully saturated rings. The molecular formula is C12H19N3O2. The van der Waals surface area contributed by atoms with E-state index in [1.54, 1.807) is 0 Å². The van der Waals surface area contributed by atoms with Crippen molar-refractivity contribution in [2.24, 2.45) is 11.1 Å². The molecule has 4 N–H and O–H groups in total. The second kappa shape index (κ2) is 5.14. The summed E-state index contributed by atoms with van der Waals surface area (Å²) in [6.45, 7) is 6.34. The summed E-state index contributed by atoms with van der Waals surface area (Å²) in [7, 11) is 0. The average Bonchev–Trinajstić information content (AvgIpc) is 2.24. The third kappa shape index (κ3) is 3.42. The third-order valence-electron chi connectivity index (χ3n) is 2.63. The van der Waals surface area contributed by atoms with Crippen LogP contribution >= 0.6 is 0 Å². The van der Waals surface area contributed by atoms with Crippen molar-refractivity contribution in [2.75, 3.05) is 6.54 Å². The van der Waals surface area contributed by atoms with Crippen LogP contribution in [0.15, 0.2) is 18.5 Å². The van der Waals surface area contributed by atoms with Crippen LogP contribution in [0.3, 0.4) is 0 Å². The number of hydrogen-bond donors (Lipinski definition) is 3. The Kier molecular flexibility index (Phi) is 4.07. The van der Waals surface area contributed by atoms with Crippen molar-refractivity contribution in [2.45, 2.75) is 26.8 Å². The molecule has 0 aliphatic carbocycles. The molecule has 1 amide bonds. The Bertz CT molecular complexity index is 399. The minimum Gasteiger partial charge on any atom is -0.505 e. The predicted molar refractivity (Wildman–Crippen MR) is 65.7 cm³/mol. The molecule has 0 saturated carbocycles. The molecule has 0 bridgehead atoms. The topological polar surface area (TPSA) is 88.2 Å². The largest absolute Gasteiger partial charge is 0.505 e. The Labute approximate surface area is 101 Å². The minimum absolute atomic E-state index is 0.130. The Hall–Kier alpha value is -1.62. The van der Waals surface area contributed by atoms with Crippen molar-refractivity contribution in [1.29, 1.82) is 0 Å². The molecule has 1 aromatic rings. The van der Waals surface area contributed by atoms with Gasteiger partial charge in [0.1, 0.15) is 5.75 Å². The molecule has 1 heterocycles. The standard InChI is InChI=1S/C12H19N3O2/c1-12(2,3)10(6-13)15-11(17)8-4-5-14-7-9(8)16/h4-5,7,10,16H,6,13H2,1-3H3,(H,15,17). The maximum absolute atomic E-state index is 11.9. The van der Waals surface area contributed by atoms with Crippen LogP contribution in [0.1, 0.15) is 31.1 Å². The smallest absolute Gasteiger partial charge is 0.255 e. The second-order valence-electron chi connectivity index (χ2n) is 5.02. The zero-order chi connectivity index (χ0) is 13.1. The molecule has 0 aliphatic heterocycles. The Morgan fingerprint density at radius 1 is 1.59 bits per heavy atom. The van der Waals surface area contributed by atoms with Crippen LogP contribution in [0.2, 0.25) is 0 Å². The number of hydrogen-bond acceptors (Lipinski definition) is 4. The molecule has 1 atom stereocenters. The minimum atomic E-state index is -0.338. The first-order valence-corrected chi connectivity index (χ1v) is 5.50. The summed E-state index contributed by atoms with van der Waals surface area (Å²) in [5, 5.41) is 12.3. The summed E-state index contributed by atoms with van der Waals surface area (Å²) in [4.78, 5) is 15.6.